The van der Waals surface area contributed by atoms with E-state index in [4.69, 9.17) is 9.47 Å². The molecule has 0 aliphatic heterocycles. The van der Waals surface area contributed by atoms with Gasteiger partial charge >= 0.3 is 12.1 Å². The van der Waals surface area contributed by atoms with E-state index < -0.39 is 35.7 Å². The standard InChI is InChI=1S/C27H32N2O6/c1-5-10-22(25(31)32)28-24(30)23(16-35-27(2,3)4)29-26(33)34-15-21-19-13-8-6-11-17(19)18-12-7-9-14-20(18)21/h5-9,11-14,21-23H,1,10,15-16H2,2-4H3,(H,28,30)(H,29,33)(H,31,32)/t22?,23-/m0/s1. The molecule has 0 saturated heterocycles. The highest BCUT2D eigenvalue weighted by molar-refractivity contribution is 5.89. The highest BCUT2D eigenvalue weighted by atomic mass is 16.5. The summed E-state index contributed by atoms with van der Waals surface area (Å²) in [6.45, 7) is 8.89. The number of carboxylic acid groups (broad SMARTS) is 1. The quantitative estimate of drug-likeness (QED) is 0.445. The van der Waals surface area contributed by atoms with E-state index in [0.717, 1.165) is 22.3 Å². The summed E-state index contributed by atoms with van der Waals surface area (Å²) in [5.41, 5.74) is 3.78. The first-order chi connectivity index (χ1) is 16.6. The molecule has 0 heterocycles. The number of fused-ring (bicyclic) bond motifs is 3. The van der Waals surface area contributed by atoms with Crippen LogP contribution in [-0.4, -0.2) is 54.0 Å². The van der Waals surface area contributed by atoms with Crippen molar-refractivity contribution in [2.45, 2.75) is 50.8 Å². The number of rotatable bonds is 10. The van der Waals surface area contributed by atoms with Crippen LogP contribution in [-0.2, 0) is 19.1 Å². The molecular weight excluding hydrogens is 448 g/mol. The molecule has 2 aromatic carbocycles. The minimum absolute atomic E-state index is 0.0405. The van der Waals surface area contributed by atoms with Gasteiger partial charge in [0.15, 0.2) is 0 Å². The van der Waals surface area contributed by atoms with E-state index in [1.165, 1.54) is 6.08 Å². The summed E-state index contributed by atoms with van der Waals surface area (Å²) < 4.78 is 11.2. The number of nitrogens with one attached hydrogen (secondary N) is 2. The minimum Gasteiger partial charge on any atom is -0.480 e. The normalized spacial score (nSPS) is 14.3. The Morgan fingerprint density at radius 2 is 1.57 bits per heavy atom. The van der Waals surface area contributed by atoms with Gasteiger partial charge in [-0.3, -0.25) is 4.79 Å². The van der Waals surface area contributed by atoms with Crippen molar-refractivity contribution in [3.63, 3.8) is 0 Å². The zero-order chi connectivity index (χ0) is 25.6. The van der Waals surface area contributed by atoms with Crippen molar-refractivity contribution in [2.75, 3.05) is 13.2 Å². The number of carbonyl (C=O) groups excluding carboxylic acids is 2. The number of amides is 2. The molecule has 1 aliphatic rings. The molecule has 0 aromatic heterocycles. The van der Waals surface area contributed by atoms with Crippen LogP contribution in [0.4, 0.5) is 4.79 Å². The van der Waals surface area contributed by atoms with E-state index in [1.807, 2.05) is 69.3 Å². The Balaban J connectivity index is 1.69. The highest BCUT2D eigenvalue weighted by Gasteiger charge is 2.31. The first-order valence-corrected chi connectivity index (χ1v) is 11.5. The molecule has 8 nitrogen and oxygen atoms in total. The molecule has 3 N–H and O–H groups in total. The molecule has 2 aromatic rings. The first-order valence-electron chi connectivity index (χ1n) is 11.5. The number of aliphatic carboxylic acids is 1. The average Bonchev–Trinajstić information content (AvgIpc) is 3.13. The van der Waals surface area contributed by atoms with Crippen molar-refractivity contribution in [3.8, 4) is 11.1 Å². The lowest BCUT2D eigenvalue weighted by molar-refractivity contribution is -0.142. The largest absolute Gasteiger partial charge is 0.480 e. The van der Waals surface area contributed by atoms with Gasteiger partial charge in [0.25, 0.3) is 0 Å². The molecule has 1 unspecified atom stereocenters. The molecule has 2 amide bonds. The van der Waals surface area contributed by atoms with Crippen molar-refractivity contribution in [3.05, 3.63) is 72.3 Å². The van der Waals surface area contributed by atoms with Gasteiger partial charge in [-0.05, 0) is 49.4 Å². The number of alkyl carbamates (subject to hydrolysis) is 1. The van der Waals surface area contributed by atoms with Crippen LogP contribution >= 0.6 is 0 Å². The molecule has 8 heteroatoms. The van der Waals surface area contributed by atoms with Crippen LogP contribution in [0.1, 0.15) is 44.2 Å². The van der Waals surface area contributed by atoms with E-state index >= 15 is 0 Å². The van der Waals surface area contributed by atoms with Gasteiger partial charge in [-0.15, -0.1) is 6.58 Å². The Morgan fingerprint density at radius 1 is 1.00 bits per heavy atom. The maximum Gasteiger partial charge on any atom is 0.407 e. The Kier molecular flexibility index (Phi) is 8.30. The van der Waals surface area contributed by atoms with Gasteiger partial charge in [-0.1, -0.05) is 54.6 Å². The Labute approximate surface area is 205 Å². The van der Waals surface area contributed by atoms with Gasteiger partial charge in [0.1, 0.15) is 18.7 Å². The Morgan fingerprint density at radius 3 is 2.09 bits per heavy atom. The van der Waals surface area contributed by atoms with Crippen LogP contribution in [0, 0.1) is 0 Å². The topological polar surface area (TPSA) is 114 Å². The van der Waals surface area contributed by atoms with Gasteiger partial charge in [-0.25, -0.2) is 9.59 Å². The molecule has 0 radical (unpaired) electrons. The summed E-state index contributed by atoms with van der Waals surface area (Å²) in [5, 5.41) is 14.3. The maximum atomic E-state index is 12.8. The van der Waals surface area contributed by atoms with Crippen molar-refractivity contribution in [1.82, 2.24) is 10.6 Å². The second-order valence-electron chi connectivity index (χ2n) is 9.37. The minimum atomic E-state index is -1.20. The maximum absolute atomic E-state index is 12.8. The number of carbonyl (C=O) groups is 3. The number of benzene rings is 2. The van der Waals surface area contributed by atoms with E-state index in [2.05, 4.69) is 17.2 Å². The van der Waals surface area contributed by atoms with Crippen LogP contribution in [0.2, 0.25) is 0 Å². The number of hydrogen-bond acceptors (Lipinski definition) is 5. The monoisotopic (exact) mass is 480 g/mol. The van der Waals surface area contributed by atoms with Crippen molar-refractivity contribution < 1.29 is 29.0 Å². The molecule has 1 aliphatic carbocycles. The first kappa shape index (κ1) is 26.0. The summed E-state index contributed by atoms with van der Waals surface area (Å²) in [7, 11) is 0. The summed E-state index contributed by atoms with van der Waals surface area (Å²) >= 11 is 0. The molecule has 0 spiro atoms. The molecule has 0 bridgehead atoms. The van der Waals surface area contributed by atoms with Crippen LogP contribution in [0.3, 0.4) is 0 Å². The van der Waals surface area contributed by atoms with Gasteiger partial charge in [0.05, 0.1) is 12.2 Å². The number of carboxylic acids is 1. The Bertz CT molecular complexity index is 1050. The summed E-state index contributed by atoms with van der Waals surface area (Å²) in [6, 6.07) is 13.6. The van der Waals surface area contributed by atoms with Crippen LogP contribution < -0.4 is 10.6 Å². The molecule has 3 rings (SSSR count). The second-order valence-corrected chi connectivity index (χ2v) is 9.37. The van der Waals surface area contributed by atoms with Crippen molar-refractivity contribution in [2.24, 2.45) is 0 Å². The average molecular weight is 481 g/mol. The fraction of sp³-hybridized carbons (Fsp3) is 0.370. The SMILES string of the molecule is C=CCC(NC(=O)[C@H](COC(C)(C)C)NC(=O)OCC1c2ccccc2-c2ccccc21)C(=O)O. The Hall–Kier alpha value is -3.65. The molecule has 2 atom stereocenters. The molecule has 0 fully saturated rings. The molecule has 186 valence electrons. The highest BCUT2D eigenvalue weighted by Crippen LogP contribution is 2.44. The van der Waals surface area contributed by atoms with Gasteiger partial charge in [0.2, 0.25) is 5.91 Å². The van der Waals surface area contributed by atoms with Crippen LogP contribution in [0.25, 0.3) is 11.1 Å². The molecule has 35 heavy (non-hydrogen) atoms. The zero-order valence-corrected chi connectivity index (χ0v) is 20.2. The number of hydrogen-bond donors (Lipinski definition) is 3. The molecule has 0 saturated carbocycles. The third kappa shape index (κ3) is 6.70. The van der Waals surface area contributed by atoms with E-state index in [1.54, 1.807) is 0 Å². The third-order valence-electron chi connectivity index (χ3n) is 5.65. The predicted molar refractivity (Wildman–Crippen MR) is 132 cm³/mol. The van der Waals surface area contributed by atoms with E-state index in [0.29, 0.717) is 0 Å². The van der Waals surface area contributed by atoms with E-state index in [-0.39, 0.29) is 25.6 Å². The lowest BCUT2D eigenvalue weighted by Crippen LogP contribution is -2.54. The fourth-order valence-corrected chi connectivity index (χ4v) is 3.96. The smallest absolute Gasteiger partial charge is 0.407 e. The van der Waals surface area contributed by atoms with E-state index in [9.17, 15) is 19.5 Å². The fourth-order valence-electron chi connectivity index (χ4n) is 3.96. The summed E-state index contributed by atoms with van der Waals surface area (Å²) in [4.78, 5) is 37.0. The summed E-state index contributed by atoms with van der Waals surface area (Å²) in [5.74, 6) is -2.01. The van der Waals surface area contributed by atoms with Crippen LogP contribution in [0.5, 0.6) is 0 Å². The second kappa shape index (κ2) is 11.2. The van der Waals surface area contributed by atoms with Gasteiger partial charge in [0, 0.05) is 5.92 Å². The summed E-state index contributed by atoms with van der Waals surface area (Å²) in [6.07, 6.45) is 0.650. The molecular formula is C27H32N2O6. The van der Waals surface area contributed by atoms with Crippen molar-refractivity contribution in [1.29, 1.82) is 0 Å². The van der Waals surface area contributed by atoms with Gasteiger partial charge < -0.3 is 25.2 Å². The van der Waals surface area contributed by atoms with Gasteiger partial charge in [-0.2, -0.15) is 0 Å². The lowest BCUT2D eigenvalue weighted by Gasteiger charge is -2.25. The zero-order valence-electron chi connectivity index (χ0n) is 20.2. The lowest BCUT2D eigenvalue weighted by atomic mass is 9.98. The number of ether oxygens (including phenoxy) is 2. The van der Waals surface area contributed by atoms with Crippen molar-refractivity contribution >= 4 is 18.0 Å². The third-order valence-corrected chi connectivity index (χ3v) is 5.65. The predicted octanol–water partition coefficient (Wildman–Crippen LogP) is 3.85. The van der Waals surface area contributed by atoms with Crippen LogP contribution in [0.15, 0.2) is 61.2 Å².